The number of nitrogen functional groups attached to an aromatic ring is 1. The third-order valence-corrected chi connectivity index (χ3v) is 4.36. The first kappa shape index (κ1) is 12.0. The van der Waals surface area contributed by atoms with Gasteiger partial charge in [-0.1, -0.05) is 19.3 Å². The molecule has 2 N–H and O–H groups in total. The van der Waals surface area contributed by atoms with Gasteiger partial charge in [0.25, 0.3) is 0 Å². The molecule has 2 heterocycles. The Morgan fingerprint density at radius 2 is 1.83 bits per heavy atom. The van der Waals surface area contributed by atoms with Gasteiger partial charge in [-0.15, -0.1) is 0 Å². The lowest BCUT2D eigenvalue weighted by molar-refractivity contribution is 0.201. The van der Waals surface area contributed by atoms with E-state index >= 15 is 0 Å². The average molecular weight is 268 g/mol. The summed E-state index contributed by atoms with van der Waals surface area (Å²) in [6.07, 6.45) is 6.70. The van der Waals surface area contributed by atoms with E-state index < -0.39 is 0 Å². The summed E-state index contributed by atoms with van der Waals surface area (Å²) in [5, 5.41) is 0.184. The molecule has 1 aliphatic carbocycles. The molecule has 0 spiro atoms. The number of nitrogens with zero attached hydrogens (tertiary/aromatic N) is 4. The van der Waals surface area contributed by atoms with Crippen LogP contribution in [0.1, 0.15) is 32.1 Å². The van der Waals surface area contributed by atoms with Crippen molar-refractivity contribution in [2.24, 2.45) is 11.8 Å². The van der Waals surface area contributed by atoms with Crippen LogP contribution in [0.4, 0.5) is 11.9 Å². The Hall–Kier alpha value is -1.10. The van der Waals surface area contributed by atoms with Gasteiger partial charge in [-0.3, -0.25) is 0 Å². The second kappa shape index (κ2) is 4.88. The summed E-state index contributed by atoms with van der Waals surface area (Å²) in [6, 6.07) is 0. The lowest BCUT2D eigenvalue weighted by Crippen LogP contribution is -2.42. The molecule has 1 aromatic rings. The maximum atomic E-state index is 5.84. The number of piperidine rings is 1. The molecule has 1 aromatic heterocycles. The van der Waals surface area contributed by atoms with Crippen LogP contribution in [-0.2, 0) is 0 Å². The van der Waals surface area contributed by atoms with Gasteiger partial charge >= 0.3 is 0 Å². The molecule has 2 atom stereocenters. The van der Waals surface area contributed by atoms with E-state index in [2.05, 4.69) is 19.9 Å². The van der Waals surface area contributed by atoms with Gasteiger partial charge in [0, 0.05) is 13.1 Å². The number of anilines is 2. The second-order valence-corrected chi connectivity index (χ2v) is 5.64. The van der Waals surface area contributed by atoms with E-state index in [1.165, 1.54) is 32.1 Å². The Morgan fingerprint density at radius 3 is 2.61 bits per heavy atom. The van der Waals surface area contributed by atoms with Crippen molar-refractivity contribution >= 4 is 23.5 Å². The van der Waals surface area contributed by atoms with Gasteiger partial charge in [-0.05, 0) is 36.3 Å². The smallest absolute Gasteiger partial charge is 0.231 e. The molecule has 0 amide bonds. The van der Waals surface area contributed by atoms with Crippen molar-refractivity contribution < 1.29 is 0 Å². The first-order valence-corrected chi connectivity index (χ1v) is 7.02. The van der Waals surface area contributed by atoms with Crippen molar-refractivity contribution in [1.29, 1.82) is 0 Å². The zero-order valence-corrected chi connectivity index (χ0v) is 11.1. The van der Waals surface area contributed by atoms with E-state index in [0.717, 1.165) is 24.9 Å². The van der Waals surface area contributed by atoms with Gasteiger partial charge in [0.2, 0.25) is 17.2 Å². The molecule has 98 valence electrons. The number of halogens is 1. The van der Waals surface area contributed by atoms with Crippen molar-refractivity contribution in [1.82, 2.24) is 15.0 Å². The van der Waals surface area contributed by atoms with Crippen LogP contribution in [0.25, 0.3) is 0 Å². The lowest BCUT2D eigenvalue weighted by Gasteiger charge is -2.41. The summed E-state index contributed by atoms with van der Waals surface area (Å²) in [5.74, 6) is 2.52. The summed E-state index contributed by atoms with van der Waals surface area (Å²) in [5.41, 5.74) is 5.62. The summed E-state index contributed by atoms with van der Waals surface area (Å²) >= 11 is 5.84. The first-order chi connectivity index (χ1) is 8.72. The second-order valence-electron chi connectivity index (χ2n) is 5.30. The summed E-state index contributed by atoms with van der Waals surface area (Å²) in [4.78, 5) is 14.4. The Morgan fingerprint density at radius 1 is 1.06 bits per heavy atom. The molecule has 2 unspecified atom stereocenters. The average Bonchev–Trinajstić information content (AvgIpc) is 2.37. The van der Waals surface area contributed by atoms with E-state index in [1.54, 1.807) is 0 Å². The monoisotopic (exact) mass is 267 g/mol. The molecular formula is C12H18ClN5. The predicted octanol–water partition coefficient (Wildman–Crippen LogP) is 2.12. The van der Waals surface area contributed by atoms with E-state index in [-0.39, 0.29) is 11.2 Å². The van der Waals surface area contributed by atoms with Crippen LogP contribution in [-0.4, -0.2) is 28.0 Å². The van der Waals surface area contributed by atoms with Crippen molar-refractivity contribution in [2.45, 2.75) is 32.1 Å². The van der Waals surface area contributed by atoms with Gasteiger partial charge in [0.1, 0.15) is 0 Å². The molecule has 1 saturated carbocycles. The van der Waals surface area contributed by atoms with Crippen LogP contribution >= 0.6 is 11.6 Å². The molecule has 1 aliphatic heterocycles. The molecule has 0 bridgehead atoms. The highest BCUT2D eigenvalue weighted by Crippen LogP contribution is 2.36. The van der Waals surface area contributed by atoms with E-state index in [1.807, 2.05) is 0 Å². The molecule has 1 saturated heterocycles. The number of nitrogens with two attached hydrogens (primary N) is 1. The normalized spacial score (nSPS) is 27.9. The van der Waals surface area contributed by atoms with Gasteiger partial charge in [0.15, 0.2) is 0 Å². The van der Waals surface area contributed by atoms with Gasteiger partial charge < -0.3 is 10.6 Å². The third kappa shape index (κ3) is 2.36. The number of fused-ring (bicyclic) bond motifs is 1. The van der Waals surface area contributed by atoms with Crippen molar-refractivity contribution in [3.8, 4) is 0 Å². The molecule has 2 aliphatic rings. The number of hydrogen-bond acceptors (Lipinski definition) is 5. The van der Waals surface area contributed by atoms with Crippen LogP contribution in [0.15, 0.2) is 0 Å². The summed E-state index contributed by atoms with van der Waals surface area (Å²) in [6.45, 7) is 2.03. The molecule has 18 heavy (non-hydrogen) atoms. The minimum absolute atomic E-state index is 0.184. The Labute approximate surface area is 112 Å². The highest BCUT2D eigenvalue weighted by molar-refractivity contribution is 6.28. The molecular weight excluding hydrogens is 250 g/mol. The van der Waals surface area contributed by atoms with Crippen LogP contribution in [0.3, 0.4) is 0 Å². The van der Waals surface area contributed by atoms with E-state index in [0.29, 0.717) is 5.95 Å². The van der Waals surface area contributed by atoms with Crippen molar-refractivity contribution in [3.05, 3.63) is 5.28 Å². The predicted molar refractivity (Wildman–Crippen MR) is 71.5 cm³/mol. The molecule has 0 radical (unpaired) electrons. The molecule has 3 rings (SSSR count). The summed E-state index contributed by atoms with van der Waals surface area (Å²) in [7, 11) is 0. The van der Waals surface area contributed by atoms with Gasteiger partial charge in [-0.25, -0.2) is 0 Å². The maximum absolute atomic E-state index is 5.84. The lowest BCUT2D eigenvalue weighted by atomic mass is 9.75. The molecule has 2 fully saturated rings. The van der Waals surface area contributed by atoms with Crippen molar-refractivity contribution in [3.63, 3.8) is 0 Å². The van der Waals surface area contributed by atoms with Crippen LogP contribution < -0.4 is 10.6 Å². The SMILES string of the molecule is Nc1nc(Cl)nc(N2CCC3CCCCC3C2)n1. The first-order valence-electron chi connectivity index (χ1n) is 6.64. The number of hydrogen-bond donors (Lipinski definition) is 1. The fraction of sp³-hybridized carbons (Fsp3) is 0.750. The topological polar surface area (TPSA) is 67.9 Å². The van der Waals surface area contributed by atoms with Crippen molar-refractivity contribution in [2.75, 3.05) is 23.7 Å². The Kier molecular flexibility index (Phi) is 3.24. The Bertz CT molecular complexity index is 418. The van der Waals surface area contributed by atoms with E-state index in [9.17, 15) is 0 Å². The Balaban J connectivity index is 1.76. The fourth-order valence-corrected chi connectivity index (χ4v) is 3.44. The van der Waals surface area contributed by atoms with Crippen LogP contribution in [0.2, 0.25) is 5.28 Å². The number of rotatable bonds is 1. The zero-order chi connectivity index (χ0) is 12.5. The molecule has 6 heteroatoms. The minimum atomic E-state index is 0.184. The van der Waals surface area contributed by atoms with E-state index in [4.69, 9.17) is 17.3 Å². The largest absolute Gasteiger partial charge is 0.368 e. The minimum Gasteiger partial charge on any atom is -0.368 e. The number of aromatic nitrogens is 3. The quantitative estimate of drug-likeness (QED) is 0.844. The highest BCUT2D eigenvalue weighted by Gasteiger charge is 2.32. The van der Waals surface area contributed by atoms with Crippen LogP contribution in [0, 0.1) is 11.8 Å². The van der Waals surface area contributed by atoms with Gasteiger partial charge in [-0.2, -0.15) is 15.0 Å². The maximum Gasteiger partial charge on any atom is 0.231 e. The fourth-order valence-electron chi connectivity index (χ4n) is 3.28. The molecule has 5 nitrogen and oxygen atoms in total. The highest BCUT2D eigenvalue weighted by atomic mass is 35.5. The third-order valence-electron chi connectivity index (χ3n) is 4.19. The standard InChI is InChI=1S/C12H18ClN5/c13-10-15-11(14)17-12(16-10)18-6-5-8-3-1-2-4-9(8)7-18/h8-9H,1-7H2,(H2,14,15,16,17). The molecule has 0 aromatic carbocycles. The van der Waals surface area contributed by atoms with Crippen LogP contribution in [0.5, 0.6) is 0 Å². The van der Waals surface area contributed by atoms with Gasteiger partial charge in [0.05, 0.1) is 0 Å². The zero-order valence-electron chi connectivity index (χ0n) is 10.3. The summed E-state index contributed by atoms with van der Waals surface area (Å²) < 4.78 is 0.